The molecule has 1 saturated heterocycles. The maximum Gasteiger partial charge on any atom is 0.243 e. The molecule has 0 bridgehead atoms. The van der Waals surface area contributed by atoms with Crippen molar-refractivity contribution in [2.75, 3.05) is 19.8 Å². The minimum absolute atomic E-state index is 0.164. The Morgan fingerprint density at radius 2 is 1.95 bits per heavy atom. The predicted octanol–water partition coefficient (Wildman–Crippen LogP) is 0.386. The van der Waals surface area contributed by atoms with E-state index in [-0.39, 0.29) is 6.54 Å². The van der Waals surface area contributed by atoms with E-state index in [0.717, 1.165) is 6.07 Å². The van der Waals surface area contributed by atoms with Crippen LogP contribution < -0.4 is 10.5 Å². The van der Waals surface area contributed by atoms with Crippen LogP contribution in [-0.4, -0.2) is 34.1 Å². The number of primary amides is 1. The highest BCUT2D eigenvalue weighted by Crippen LogP contribution is 2.30. The van der Waals surface area contributed by atoms with E-state index in [1.165, 1.54) is 18.2 Å². The Balaban J connectivity index is 2.17. The van der Waals surface area contributed by atoms with E-state index in [0.29, 0.717) is 26.1 Å². The molecule has 0 spiro atoms. The average molecular weight is 316 g/mol. The summed E-state index contributed by atoms with van der Waals surface area (Å²) in [6.07, 6.45) is 0.671. The third-order valence-electron chi connectivity index (χ3n) is 3.70. The summed E-state index contributed by atoms with van der Waals surface area (Å²) in [6.45, 7) is 0.511. The first-order chi connectivity index (χ1) is 9.87. The van der Waals surface area contributed by atoms with Gasteiger partial charge in [0.15, 0.2) is 0 Å². The number of amides is 1. The number of halogens is 1. The van der Waals surface area contributed by atoms with E-state index in [4.69, 9.17) is 10.5 Å². The predicted molar refractivity (Wildman–Crippen MR) is 73.3 cm³/mol. The topological polar surface area (TPSA) is 98.5 Å². The zero-order chi connectivity index (χ0) is 15.5. The summed E-state index contributed by atoms with van der Waals surface area (Å²) < 4.78 is 45.3. The molecule has 3 N–H and O–H groups in total. The Hall–Kier alpha value is -1.51. The Kier molecular flexibility index (Phi) is 4.60. The number of carbonyl (C=O) groups is 1. The van der Waals surface area contributed by atoms with Crippen molar-refractivity contribution in [3.63, 3.8) is 0 Å². The molecule has 1 fully saturated rings. The fraction of sp³-hybridized carbons (Fsp3) is 0.462. The van der Waals surface area contributed by atoms with E-state index in [9.17, 15) is 17.6 Å². The quantitative estimate of drug-likeness (QED) is 0.820. The lowest BCUT2D eigenvalue weighted by Crippen LogP contribution is -2.49. The van der Waals surface area contributed by atoms with Crippen LogP contribution in [0, 0.1) is 11.2 Å². The molecule has 0 saturated carbocycles. The molecule has 0 aliphatic carbocycles. The first kappa shape index (κ1) is 15.9. The first-order valence-electron chi connectivity index (χ1n) is 6.49. The average Bonchev–Trinajstić information content (AvgIpc) is 2.46. The van der Waals surface area contributed by atoms with Gasteiger partial charge in [0.25, 0.3) is 0 Å². The second kappa shape index (κ2) is 6.08. The zero-order valence-corrected chi connectivity index (χ0v) is 12.2. The Bertz CT molecular complexity index is 627. The molecule has 0 radical (unpaired) electrons. The zero-order valence-electron chi connectivity index (χ0n) is 11.3. The van der Waals surface area contributed by atoms with E-state index >= 15 is 0 Å². The van der Waals surface area contributed by atoms with Gasteiger partial charge in [0, 0.05) is 19.8 Å². The molecule has 8 heteroatoms. The Labute approximate surface area is 122 Å². The van der Waals surface area contributed by atoms with Gasteiger partial charge in [-0.3, -0.25) is 4.79 Å². The molecular weight excluding hydrogens is 299 g/mol. The molecule has 21 heavy (non-hydrogen) atoms. The van der Waals surface area contributed by atoms with E-state index < -0.39 is 32.1 Å². The molecule has 1 aliphatic rings. The normalized spacial score (nSPS) is 18.3. The highest BCUT2D eigenvalue weighted by molar-refractivity contribution is 7.89. The fourth-order valence-corrected chi connectivity index (χ4v) is 3.45. The molecule has 116 valence electrons. The SMILES string of the molecule is NC(=O)C1(CNS(=O)(=O)c2ccccc2F)CCOCC1. The van der Waals surface area contributed by atoms with Crippen LogP contribution in [0.4, 0.5) is 4.39 Å². The van der Waals surface area contributed by atoms with Crippen molar-refractivity contribution in [1.82, 2.24) is 4.72 Å². The number of nitrogens with one attached hydrogen (secondary N) is 1. The smallest absolute Gasteiger partial charge is 0.243 e. The lowest BCUT2D eigenvalue weighted by atomic mass is 9.80. The molecule has 1 aliphatic heterocycles. The van der Waals surface area contributed by atoms with Crippen LogP contribution in [0.1, 0.15) is 12.8 Å². The Morgan fingerprint density at radius 3 is 2.52 bits per heavy atom. The van der Waals surface area contributed by atoms with Crippen molar-refractivity contribution >= 4 is 15.9 Å². The van der Waals surface area contributed by atoms with Crippen molar-refractivity contribution in [1.29, 1.82) is 0 Å². The van der Waals surface area contributed by atoms with Crippen molar-refractivity contribution in [2.45, 2.75) is 17.7 Å². The minimum atomic E-state index is -4.04. The minimum Gasteiger partial charge on any atom is -0.381 e. The van der Waals surface area contributed by atoms with Gasteiger partial charge in [-0.05, 0) is 25.0 Å². The van der Waals surface area contributed by atoms with Gasteiger partial charge in [-0.15, -0.1) is 0 Å². The van der Waals surface area contributed by atoms with Crippen LogP contribution >= 0.6 is 0 Å². The van der Waals surface area contributed by atoms with Crippen LogP contribution in [0.3, 0.4) is 0 Å². The summed E-state index contributed by atoms with van der Waals surface area (Å²) in [6, 6.07) is 5.05. The summed E-state index contributed by atoms with van der Waals surface area (Å²) in [5.41, 5.74) is 4.41. The van der Waals surface area contributed by atoms with Crippen LogP contribution in [0.15, 0.2) is 29.2 Å². The second-order valence-electron chi connectivity index (χ2n) is 5.01. The standard InChI is InChI=1S/C13H17FN2O4S/c14-10-3-1-2-4-11(10)21(18,19)16-9-13(12(15)17)5-7-20-8-6-13/h1-4,16H,5-9H2,(H2,15,17). The maximum absolute atomic E-state index is 13.6. The van der Waals surface area contributed by atoms with E-state index in [1.54, 1.807) is 0 Å². The van der Waals surface area contributed by atoms with Gasteiger partial charge in [0.1, 0.15) is 10.7 Å². The molecule has 1 heterocycles. The van der Waals surface area contributed by atoms with Gasteiger partial charge in [0.05, 0.1) is 5.41 Å². The van der Waals surface area contributed by atoms with Gasteiger partial charge in [-0.2, -0.15) is 0 Å². The van der Waals surface area contributed by atoms with Crippen LogP contribution in [0.5, 0.6) is 0 Å². The molecule has 1 amide bonds. The number of carbonyl (C=O) groups excluding carboxylic acids is 1. The first-order valence-corrected chi connectivity index (χ1v) is 7.98. The molecule has 0 unspecified atom stereocenters. The monoisotopic (exact) mass is 316 g/mol. The number of rotatable bonds is 5. The molecule has 0 atom stereocenters. The van der Waals surface area contributed by atoms with Gasteiger partial charge in [0.2, 0.25) is 15.9 Å². The van der Waals surface area contributed by atoms with Crippen molar-refractivity contribution in [2.24, 2.45) is 11.1 Å². The van der Waals surface area contributed by atoms with Crippen LogP contribution in [0.25, 0.3) is 0 Å². The van der Waals surface area contributed by atoms with Crippen molar-refractivity contribution in [3.05, 3.63) is 30.1 Å². The highest BCUT2D eigenvalue weighted by Gasteiger charge is 2.39. The summed E-state index contributed by atoms with van der Waals surface area (Å²) in [5, 5.41) is 0. The summed E-state index contributed by atoms with van der Waals surface area (Å²) in [7, 11) is -4.04. The lowest BCUT2D eigenvalue weighted by molar-refractivity contribution is -0.132. The Morgan fingerprint density at radius 1 is 1.33 bits per heavy atom. The van der Waals surface area contributed by atoms with E-state index in [2.05, 4.69) is 4.72 Å². The van der Waals surface area contributed by atoms with Gasteiger partial charge in [-0.1, -0.05) is 12.1 Å². The highest BCUT2D eigenvalue weighted by atomic mass is 32.2. The van der Waals surface area contributed by atoms with Gasteiger partial charge in [-0.25, -0.2) is 17.5 Å². The van der Waals surface area contributed by atoms with Crippen molar-refractivity contribution < 1.29 is 22.3 Å². The number of ether oxygens (including phenoxy) is 1. The van der Waals surface area contributed by atoms with E-state index in [1.807, 2.05) is 0 Å². The lowest BCUT2D eigenvalue weighted by Gasteiger charge is -2.34. The second-order valence-corrected chi connectivity index (χ2v) is 6.75. The molecular formula is C13H17FN2O4S. The number of hydrogen-bond donors (Lipinski definition) is 2. The summed E-state index contributed by atoms with van der Waals surface area (Å²) in [4.78, 5) is 11.2. The van der Waals surface area contributed by atoms with Crippen LogP contribution in [0.2, 0.25) is 0 Å². The molecule has 1 aromatic carbocycles. The summed E-state index contributed by atoms with van der Waals surface area (Å²) in [5.74, 6) is -1.42. The van der Waals surface area contributed by atoms with Crippen molar-refractivity contribution in [3.8, 4) is 0 Å². The van der Waals surface area contributed by atoms with Crippen LogP contribution in [-0.2, 0) is 19.6 Å². The number of sulfonamides is 1. The molecule has 6 nitrogen and oxygen atoms in total. The molecule has 2 rings (SSSR count). The fourth-order valence-electron chi connectivity index (χ4n) is 2.25. The molecule has 0 aromatic heterocycles. The number of hydrogen-bond acceptors (Lipinski definition) is 4. The summed E-state index contributed by atoms with van der Waals surface area (Å²) >= 11 is 0. The largest absolute Gasteiger partial charge is 0.381 e. The number of benzene rings is 1. The number of nitrogens with two attached hydrogens (primary N) is 1. The van der Waals surface area contributed by atoms with Gasteiger partial charge < -0.3 is 10.5 Å². The third-order valence-corrected chi connectivity index (χ3v) is 5.13. The molecule has 1 aromatic rings. The third kappa shape index (κ3) is 3.39. The maximum atomic E-state index is 13.6. The van der Waals surface area contributed by atoms with Gasteiger partial charge >= 0.3 is 0 Å².